The van der Waals surface area contributed by atoms with Crippen LogP contribution in [0.4, 0.5) is 0 Å². The van der Waals surface area contributed by atoms with Gasteiger partial charge in [-0.3, -0.25) is 4.68 Å². The van der Waals surface area contributed by atoms with Crippen LogP contribution in [0.5, 0.6) is 0 Å². The SMILES string of the molecule is CC(C)Cc1nn(C(C)C)c(Cl)c1CO. The first kappa shape index (κ1) is 12.5. The number of aromatic nitrogens is 2. The molecule has 0 amide bonds. The predicted octanol–water partition coefficient (Wildman–Crippen LogP) is 2.81. The van der Waals surface area contributed by atoms with Crippen LogP contribution in [0.1, 0.15) is 45.0 Å². The number of hydrogen-bond donors (Lipinski definition) is 1. The topological polar surface area (TPSA) is 38.0 Å². The van der Waals surface area contributed by atoms with Crippen molar-refractivity contribution in [3.63, 3.8) is 0 Å². The fourth-order valence-corrected chi connectivity index (χ4v) is 1.94. The summed E-state index contributed by atoms with van der Waals surface area (Å²) in [5, 5.41) is 14.3. The van der Waals surface area contributed by atoms with Crippen molar-refractivity contribution in [3.05, 3.63) is 16.4 Å². The van der Waals surface area contributed by atoms with E-state index in [1.165, 1.54) is 0 Å². The molecule has 1 N–H and O–H groups in total. The lowest BCUT2D eigenvalue weighted by molar-refractivity contribution is 0.280. The minimum atomic E-state index is -0.0341. The molecule has 4 heteroatoms. The first-order valence-electron chi connectivity index (χ1n) is 5.34. The van der Waals surface area contributed by atoms with Crippen molar-refractivity contribution >= 4 is 11.6 Å². The minimum absolute atomic E-state index is 0.0341. The molecule has 86 valence electrons. The molecular weight excluding hydrogens is 212 g/mol. The van der Waals surface area contributed by atoms with Crippen LogP contribution in [-0.4, -0.2) is 14.9 Å². The third kappa shape index (κ3) is 2.73. The molecule has 0 spiro atoms. The van der Waals surface area contributed by atoms with Crippen LogP contribution in [0.2, 0.25) is 5.15 Å². The molecule has 0 fully saturated rings. The zero-order chi connectivity index (χ0) is 11.6. The molecule has 3 nitrogen and oxygen atoms in total. The summed E-state index contributed by atoms with van der Waals surface area (Å²) in [5.74, 6) is 0.516. The average Bonchev–Trinajstić information content (AvgIpc) is 2.41. The van der Waals surface area contributed by atoms with Gasteiger partial charge in [-0.05, 0) is 26.2 Å². The Morgan fingerprint density at radius 1 is 1.33 bits per heavy atom. The largest absolute Gasteiger partial charge is 0.391 e. The summed E-state index contributed by atoms with van der Waals surface area (Å²) in [4.78, 5) is 0. The fourth-order valence-electron chi connectivity index (χ4n) is 1.54. The Kier molecular flexibility index (Phi) is 4.17. The Labute approximate surface area is 96.1 Å². The number of aliphatic hydroxyl groups is 1. The first-order valence-corrected chi connectivity index (χ1v) is 5.71. The molecule has 1 aromatic heterocycles. The second kappa shape index (κ2) is 4.99. The molecule has 0 unspecified atom stereocenters. The highest BCUT2D eigenvalue weighted by atomic mass is 35.5. The van der Waals surface area contributed by atoms with Crippen LogP contribution in [0.15, 0.2) is 0 Å². The maximum atomic E-state index is 9.27. The van der Waals surface area contributed by atoms with Gasteiger partial charge in [0.1, 0.15) is 5.15 Å². The van der Waals surface area contributed by atoms with Crippen LogP contribution in [0.25, 0.3) is 0 Å². The summed E-state index contributed by atoms with van der Waals surface area (Å²) < 4.78 is 1.77. The van der Waals surface area contributed by atoms with Crippen molar-refractivity contribution in [2.45, 2.75) is 46.8 Å². The van der Waals surface area contributed by atoms with Crippen LogP contribution in [-0.2, 0) is 13.0 Å². The van der Waals surface area contributed by atoms with Crippen molar-refractivity contribution in [2.75, 3.05) is 0 Å². The highest BCUT2D eigenvalue weighted by Crippen LogP contribution is 2.25. The van der Waals surface area contributed by atoms with E-state index in [0.29, 0.717) is 11.1 Å². The van der Waals surface area contributed by atoms with Gasteiger partial charge in [0.15, 0.2) is 0 Å². The molecule has 1 rings (SSSR count). The molecule has 0 radical (unpaired) electrons. The van der Waals surface area contributed by atoms with Gasteiger partial charge in [-0.2, -0.15) is 5.10 Å². The van der Waals surface area contributed by atoms with Crippen LogP contribution in [0.3, 0.4) is 0 Å². The number of rotatable bonds is 4. The van der Waals surface area contributed by atoms with E-state index >= 15 is 0 Å². The Morgan fingerprint density at radius 3 is 2.33 bits per heavy atom. The lowest BCUT2D eigenvalue weighted by Crippen LogP contribution is -2.04. The van der Waals surface area contributed by atoms with Gasteiger partial charge in [0.2, 0.25) is 0 Å². The monoisotopic (exact) mass is 230 g/mol. The normalized spacial score (nSPS) is 11.7. The first-order chi connectivity index (χ1) is 6.97. The number of nitrogens with zero attached hydrogens (tertiary/aromatic N) is 2. The van der Waals surface area contributed by atoms with E-state index in [4.69, 9.17) is 11.6 Å². The van der Waals surface area contributed by atoms with E-state index in [0.717, 1.165) is 17.7 Å². The van der Waals surface area contributed by atoms with Crippen LogP contribution in [0, 0.1) is 5.92 Å². The molecule has 0 aliphatic heterocycles. The standard InChI is InChI=1S/C11H19ClN2O/c1-7(2)5-10-9(6-15)11(12)14(13-10)8(3)4/h7-8,15H,5-6H2,1-4H3. The van der Waals surface area contributed by atoms with Gasteiger partial charge in [-0.25, -0.2) is 0 Å². The molecule has 0 aromatic carbocycles. The summed E-state index contributed by atoms with van der Waals surface area (Å²) in [6.45, 7) is 8.28. The molecule has 1 heterocycles. The van der Waals surface area contributed by atoms with Gasteiger partial charge >= 0.3 is 0 Å². The Balaban J connectivity index is 3.10. The fraction of sp³-hybridized carbons (Fsp3) is 0.727. The van der Waals surface area contributed by atoms with Crippen molar-refractivity contribution in [2.24, 2.45) is 5.92 Å². The Morgan fingerprint density at radius 2 is 1.93 bits per heavy atom. The van der Waals surface area contributed by atoms with Crippen molar-refractivity contribution in [3.8, 4) is 0 Å². The number of aliphatic hydroxyl groups excluding tert-OH is 1. The average molecular weight is 231 g/mol. The van der Waals surface area contributed by atoms with E-state index in [-0.39, 0.29) is 12.6 Å². The molecule has 15 heavy (non-hydrogen) atoms. The molecule has 0 atom stereocenters. The maximum absolute atomic E-state index is 9.27. The molecule has 0 aliphatic rings. The van der Waals surface area contributed by atoms with E-state index in [1.54, 1.807) is 4.68 Å². The summed E-state index contributed by atoms with van der Waals surface area (Å²) >= 11 is 6.15. The van der Waals surface area contributed by atoms with Crippen LogP contribution >= 0.6 is 11.6 Å². The van der Waals surface area contributed by atoms with E-state index in [1.807, 2.05) is 13.8 Å². The minimum Gasteiger partial charge on any atom is -0.391 e. The highest BCUT2D eigenvalue weighted by Gasteiger charge is 2.17. The van der Waals surface area contributed by atoms with E-state index in [9.17, 15) is 5.11 Å². The number of halogens is 1. The van der Waals surface area contributed by atoms with Crippen molar-refractivity contribution in [1.29, 1.82) is 0 Å². The molecule has 1 aromatic rings. The predicted molar refractivity (Wildman–Crippen MR) is 62.1 cm³/mol. The quantitative estimate of drug-likeness (QED) is 0.864. The second-order valence-corrected chi connectivity index (χ2v) is 4.87. The maximum Gasteiger partial charge on any atom is 0.133 e. The van der Waals surface area contributed by atoms with Gasteiger partial charge in [-0.1, -0.05) is 25.4 Å². The molecule has 0 saturated heterocycles. The van der Waals surface area contributed by atoms with Gasteiger partial charge in [0.25, 0.3) is 0 Å². The number of hydrogen-bond acceptors (Lipinski definition) is 2. The Bertz CT molecular complexity index is 332. The second-order valence-electron chi connectivity index (χ2n) is 4.51. The summed E-state index contributed by atoms with van der Waals surface area (Å²) in [6.07, 6.45) is 0.856. The molecule has 0 bridgehead atoms. The lowest BCUT2D eigenvalue weighted by Gasteiger charge is -2.06. The molecule has 0 saturated carbocycles. The smallest absolute Gasteiger partial charge is 0.133 e. The highest BCUT2D eigenvalue weighted by molar-refractivity contribution is 6.30. The third-order valence-corrected chi connectivity index (χ3v) is 2.68. The summed E-state index contributed by atoms with van der Waals surface area (Å²) in [6, 6.07) is 0.226. The zero-order valence-electron chi connectivity index (χ0n) is 9.79. The van der Waals surface area contributed by atoms with Gasteiger partial charge in [0, 0.05) is 11.6 Å². The van der Waals surface area contributed by atoms with Gasteiger partial charge < -0.3 is 5.11 Å². The Hall–Kier alpha value is -0.540. The van der Waals surface area contributed by atoms with Crippen molar-refractivity contribution in [1.82, 2.24) is 9.78 Å². The zero-order valence-corrected chi connectivity index (χ0v) is 10.5. The molecule has 0 aliphatic carbocycles. The summed E-state index contributed by atoms with van der Waals surface area (Å²) in [5.41, 5.74) is 1.70. The molecular formula is C11H19ClN2O. The van der Waals surface area contributed by atoms with E-state index < -0.39 is 0 Å². The third-order valence-electron chi connectivity index (χ3n) is 2.28. The van der Waals surface area contributed by atoms with E-state index in [2.05, 4.69) is 18.9 Å². The summed E-state index contributed by atoms with van der Waals surface area (Å²) in [7, 11) is 0. The van der Waals surface area contributed by atoms with Crippen molar-refractivity contribution < 1.29 is 5.11 Å². The van der Waals surface area contributed by atoms with Gasteiger partial charge in [0.05, 0.1) is 12.3 Å². The van der Waals surface area contributed by atoms with Crippen LogP contribution < -0.4 is 0 Å². The lowest BCUT2D eigenvalue weighted by atomic mass is 10.1. The van der Waals surface area contributed by atoms with Gasteiger partial charge in [-0.15, -0.1) is 0 Å².